The number of nitrogens with zero attached hydrogens (tertiary/aromatic N) is 2. The summed E-state index contributed by atoms with van der Waals surface area (Å²) in [6, 6.07) is 3.08. The number of fused-ring (bicyclic) bond motifs is 2. The Morgan fingerprint density at radius 1 is 1.15 bits per heavy atom. The molecule has 0 aliphatic carbocycles. The molecule has 0 radical (unpaired) electrons. The highest BCUT2D eigenvalue weighted by Crippen LogP contribution is 2.40. The van der Waals surface area contributed by atoms with Gasteiger partial charge in [0.05, 0.1) is 0 Å². The minimum absolute atomic E-state index is 0.0703. The number of carbonyl (C=O) groups excluding carboxylic acids is 2. The molecular weight excluding hydrogens is 354 g/mol. The van der Waals surface area contributed by atoms with E-state index in [1.54, 1.807) is 25.7 Å². The van der Waals surface area contributed by atoms with Gasteiger partial charge in [0.1, 0.15) is 28.9 Å². The number of nitriles is 1. The number of rotatable bonds is 2. The summed E-state index contributed by atoms with van der Waals surface area (Å²) in [4.78, 5) is 27.0. The molecule has 0 spiro atoms. The van der Waals surface area contributed by atoms with Gasteiger partial charge in [0.25, 0.3) is 0 Å². The van der Waals surface area contributed by atoms with Crippen LogP contribution < -0.4 is 0 Å². The molecule has 0 saturated carbocycles. The molecule has 2 aliphatic heterocycles. The molecule has 2 unspecified atom stereocenters. The van der Waals surface area contributed by atoms with E-state index in [1.165, 1.54) is 6.07 Å². The van der Waals surface area contributed by atoms with Gasteiger partial charge in [-0.05, 0) is 58.6 Å². The Morgan fingerprint density at radius 3 is 2.11 bits per heavy atom. The van der Waals surface area contributed by atoms with Crippen LogP contribution in [0.15, 0.2) is 12.1 Å². The lowest BCUT2D eigenvalue weighted by atomic mass is 9.84. The molecule has 0 N–H and O–H groups in total. The summed E-state index contributed by atoms with van der Waals surface area (Å²) in [6.45, 7) is 5.41. The summed E-state index contributed by atoms with van der Waals surface area (Å²) < 4.78 is 33.2. The van der Waals surface area contributed by atoms with Gasteiger partial charge in [-0.2, -0.15) is 5.26 Å². The van der Waals surface area contributed by atoms with E-state index in [2.05, 4.69) is 0 Å². The second-order valence-corrected chi connectivity index (χ2v) is 8.23. The van der Waals surface area contributed by atoms with Gasteiger partial charge in [-0.3, -0.25) is 4.79 Å². The Balaban J connectivity index is 1.76. The minimum atomic E-state index is -1.03. The van der Waals surface area contributed by atoms with Crippen LogP contribution in [0.2, 0.25) is 0 Å². The first-order chi connectivity index (χ1) is 12.6. The maximum absolute atomic E-state index is 13.8. The highest BCUT2D eigenvalue weighted by atomic mass is 19.1. The Labute approximate surface area is 156 Å². The van der Waals surface area contributed by atoms with E-state index < -0.39 is 28.7 Å². The summed E-state index contributed by atoms with van der Waals surface area (Å²) in [5.74, 6) is -2.82. The van der Waals surface area contributed by atoms with Gasteiger partial charge >= 0.3 is 6.09 Å². The van der Waals surface area contributed by atoms with E-state index in [4.69, 9.17) is 10.00 Å². The van der Waals surface area contributed by atoms with Crippen LogP contribution in [0.5, 0.6) is 0 Å². The number of ketones is 1. The molecule has 2 heterocycles. The predicted molar refractivity (Wildman–Crippen MR) is 93.0 cm³/mol. The van der Waals surface area contributed by atoms with Crippen molar-refractivity contribution in [2.75, 3.05) is 0 Å². The first-order valence-electron chi connectivity index (χ1n) is 9.05. The fraction of sp³-hybridized carbons (Fsp3) is 0.550. The molecule has 2 bridgehead atoms. The zero-order valence-corrected chi connectivity index (χ0v) is 15.6. The predicted octanol–water partition coefficient (Wildman–Crippen LogP) is 4.20. The molecule has 144 valence electrons. The van der Waals surface area contributed by atoms with Crippen LogP contribution in [-0.2, 0) is 4.74 Å². The van der Waals surface area contributed by atoms with Crippen LogP contribution in [0.1, 0.15) is 62.4 Å². The highest BCUT2D eigenvalue weighted by Gasteiger charge is 2.46. The van der Waals surface area contributed by atoms with Crippen molar-refractivity contribution in [1.82, 2.24) is 4.90 Å². The number of halogens is 2. The van der Waals surface area contributed by atoms with Gasteiger partial charge in [-0.15, -0.1) is 0 Å². The third kappa shape index (κ3) is 3.80. The van der Waals surface area contributed by atoms with Crippen molar-refractivity contribution in [1.29, 1.82) is 5.26 Å². The molecule has 1 aromatic carbocycles. The minimum Gasteiger partial charge on any atom is -0.444 e. The van der Waals surface area contributed by atoms with Gasteiger partial charge in [0, 0.05) is 23.6 Å². The average Bonchev–Trinajstić information content (AvgIpc) is 2.82. The number of piperidine rings is 1. The van der Waals surface area contributed by atoms with Crippen molar-refractivity contribution in [3.63, 3.8) is 0 Å². The average molecular weight is 376 g/mol. The monoisotopic (exact) mass is 376 g/mol. The second-order valence-electron chi connectivity index (χ2n) is 8.23. The lowest BCUT2D eigenvalue weighted by Gasteiger charge is -2.39. The maximum atomic E-state index is 13.8. The van der Waals surface area contributed by atoms with Crippen molar-refractivity contribution in [2.24, 2.45) is 5.92 Å². The van der Waals surface area contributed by atoms with Gasteiger partial charge < -0.3 is 9.64 Å². The van der Waals surface area contributed by atoms with Crippen molar-refractivity contribution in [3.8, 4) is 6.07 Å². The normalized spacial score (nSPS) is 24.4. The zero-order valence-electron chi connectivity index (χ0n) is 15.6. The van der Waals surface area contributed by atoms with E-state index in [0.29, 0.717) is 12.8 Å². The van der Waals surface area contributed by atoms with E-state index in [-0.39, 0.29) is 29.5 Å². The number of benzene rings is 1. The zero-order chi connectivity index (χ0) is 19.9. The SMILES string of the molecule is CC(C)(C)OC(=O)N1C2CCC1CC(C(=O)c1cc(F)c(C#N)c(F)c1)C2. The van der Waals surface area contributed by atoms with Crippen LogP contribution in [0.3, 0.4) is 0 Å². The molecule has 7 heteroatoms. The Bertz CT molecular complexity index is 788. The van der Waals surface area contributed by atoms with E-state index >= 15 is 0 Å². The molecule has 2 saturated heterocycles. The lowest BCUT2D eigenvalue weighted by molar-refractivity contribution is 0.00254. The molecule has 27 heavy (non-hydrogen) atoms. The first-order valence-corrected chi connectivity index (χ1v) is 9.05. The molecule has 1 aromatic rings. The Kier molecular flexibility index (Phi) is 4.94. The van der Waals surface area contributed by atoms with Crippen LogP contribution in [0, 0.1) is 28.9 Å². The first kappa shape index (κ1) is 19.3. The molecule has 0 aromatic heterocycles. The Morgan fingerprint density at radius 2 is 1.67 bits per heavy atom. The lowest BCUT2D eigenvalue weighted by Crippen LogP contribution is -2.49. The summed E-state index contributed by atoms with van der Waals surface area (Å²) >= 11 is 0. The molecule has 2 atom stereocenters. The van der Waals surface area contributed by atoms with Gasteiger partial charge in [-0.1, -0.05) is 0 Å². The molecule has 3 rings (SSSR count). The van der Waals surface area contributed by atoms with Crippen LogP contribution in [0.4, 0.5) is 13.6 Å². The standard InChI is InChI=1S/C20H22F2N2O3/c1-20(2,3)27-19(26)24-13-4-5-14(24)7-11(6-13)18(25)12-8-16(21)15(10-23)17(22)9-12/h8-9,11,13-14H,4-7H2,1-3H3. The summed E-state index contributed by atoms with van der Waals surface area (Å²) in [6.07, 6.45) is 2.07. The van der Waals surface area contributed by atoms with Gasteiger partial charge in [-0.25, -0.2) is 13.6 Å². The third-order valence-corrected chi connectivity index (χ3v) is 5.15. The quantitative estimate of drug-likeness (QED) is 0.726. The number of hydrogen-bond donors (Lipinski definition) is 0. The number of hydrogen-bond acceptors (Lipinski definition) is 4. The smallest absolute Gasteiger partial charge is 0.410 e. The van der Waals surface area contributed by atoms with Crippen LogP contribution in [-0.4, -0.2) is 34.5 Å². The van der Waals surface area contributed by atoms with Crippen molar-refractivity contribution in [2.45, 2.75) is 64.1 Å². The molecular formula is C20H22F2N2O3. The molecule has 2 fully saturated rings. The fourth-order valence-electron chi connectivity index (χ4n) is 4.06. The number of amides is 1. The maximum Gasteiger partial charge on any atom is 0.410 e. The van der Waals surface area contributed by atoms with Crippen molar-refractivity contribution >= 4 is 11.9 Å². The van der Waals surface area contributed by atoms with E-state index in [1.807, 2.05) is 0 Å². The van der Waals surface area contributed by atoms with Crippen LogP contribution in [0.25, 0.3) is 0 Å². The third-order valence-electron chi connectivity index (χ3n) is 5.15. The summed E-state index contributed by atoms with van der Waals surface area (Å²) in [7, 11) is 0. The molecule has 5 nitrogen and oxygen atoms in total. The molecule has 2 aliphatic rings. The van der Waals surface area contributed by atoms with Crippen LogP contribution >= 0.6 is 0 Å². The Hall–Kier alpha value is -2.49. The number of Topliss-reactive ketones (excluding diaryl/α,β-unsaturated/α-hetero) is 1. The summed E-state index contributed by atoms with van der Waals surface area (Å²) in [5, 5.41) is 8.75. The fourth-order valence-corrected chi connectivity index (χ4v) is 4.06. The topological polar surface area (TPSA) is 70.4 Å². The number of ether oxygens (including phenoxy) is 1. The van der Waals surface area contributed by atoms with Gasteiger partial charge in [0.2, 0.25) is 0 Å². The largest absolute Gasteiger partial charge is 0.444 e. The van der Waals surface area contributed by atoms with Crippen molar-refractivity contribution in [3.05, 3.63) is 34.9 Å². The summed E-state index contributed by atoms with van der Waals surface area (Å²) in [5.41, 5.74) is -1.36. The van der Waals surface area contributed by atoms with Crippen molar-refractivity contribution < 1.29 is 23.1 Å². The van der Waals surface area contributed by atoms with E-state index in [0.717, 1.165) is 25.0 Å². The van der Waals surface area contributed by atoms with E-state index in [9.17, 15) is 18.4 Å². The highest BCUT2D eigenvalue weighted by molar-refractivity contribution is 5.98. The number of carbonyl (C=O) groups is 2. The van der Waals surface area contributed by atoms with Gasteiger partial charge in [0.15, 0.2) is 5.78 Å². The molecule has 1 amide bonds. The second kappa shape index (κ2) is 6.91.